The number of hydrogen-bond acceptors (Lipinski definition) is 1. The molecule has 0 aromatic heterocycles. The highest BCUT2D eigenvalue weighted by Gasteiger charge is 2.15. The summed E-state index contributed by atoms with van der Waals surface area (Å²) in [5, 5.41) is 0. The SMILES string of the molecule is C=C.C=C.COc1ccc(-c2ccc(C3CCCCC3)cc2)cc1. The first-order valence-electron chi connectivity index (χ1n) is 8.61. The Bertz CT molecular complexity index is 560. The fraction of sp³-hybridized carbons (Fsp3) is 0.304. The van der Waals surface area contributed by atoms with Crippen LogP contribution >= 0.6 is 0 Å². The molecule has 1 saturated carbocycles. The number of methoxy groups -OCH3 is 1. The van der Waals surface area contributed by atoms with E-state index in [4.69, 9.17) is 4.74 Å². The Kier molecular flexibility index (Phi) is 9.29. The Balaban J connectivity index is 0.000000671. The van der Waals surface area contributed by atoms with E-state index in [1.54, 1.807) is 7.11 Å². The van der Waals surface area contributed by atoms with Gasteiger partial charge in [0.1, 0.15) is 5.75 Å². The predicted octanol–water partition coefficient (Wildman–Crippen LogP) is 7.01. The van der Waals surface area contributed by atoms with Crippen molar-refractivity contribution in [2.45, 2.75) is 38.0 Å². The standard InChI is InChI=1S/C19H22O.2C2H4/c1-20-19-13-11-18(12-14-19)17-9-7-16(8-10-17)15-5-3-2-4-6-15;2*1-2/h7-15H,2-6H2,1H3;2*1-2H2. The molecular weight excluding hydrogens is 292 g/mol. The van der Waals surface area contributed by atoms with E-state index in [1.807, 2.05) is 12.1 Å². The Morgan fingerprint density at radius 1 is 0.708 bits per heavy atom. The lowest BCUT2D eigenvalue weighted by molar-refractivity contribution is 0.415. The summed E-state index contributed by atoms with van der Waals surface area (Å²) in [5.74, 6) is 1.70. The third-order valence-corrected chi connectivity index (χ3v) is 4.41. The highest BCUT2D eigenvalue weighted by molar-refractivity contribution is 5.64. The van der Waals surface area contributed by atoms with E-state index in [9.17, 15) is 0 Å². The second kappa shape index (κ2) is 11.3. The zero-order valence-corrected chi connectivity index (χ0v) is 15.0. The van der Waals surface area contributed by atoms with Crippen LogP contribution in [-0.4, -0.2) is 7.11 Å². The molecule has 0 atom stereocenters. The second-order valence-corrected chi connectivity index (χ2v) is 5.69. The summed E-state index contributed by atoms with van der Waals surface area (Å²) in [6, 6.07) is 17.4. The molecule has 0 aliphatic heterocycles. The topological polar surface area (TPSA) is 9.23 Å². The highest BCUT2D eigenvalue weighted by atomic mass is 16.5. The number of ether oxygens (including phenoxy) is 1. The van der Waals surface area contributed by atoms with E-state index in [-0.39, 0.29) is 0 Å². The molecule has 0 radical (unpaired) electrons. The number of benzene rings is 2. The van der Waals surface area contributed by atoms with Gasteiger partial charge in [0.25, 0.3) is 0 Å². The minimum atomic E-state index is 0.786. The van der Waals surface area contributed by atoms with Gasteiger partial charge in [0.15, 0.2) is 0 Å². The monoisotopic (exact) mass is 322 g/mol. The van der Waals surface area contributed by atoms with Gasteiger partial charge in [0.05, 0.1) is 7.11 Å². The van der Waals surface area contributed by atoms with Crippen LogP contribution in [0.25, 0.3) is 11.1 Å². The summed E-state index contributed by atoms with van der Waals surface area (Å²) in [6.07, 6.45) is 6.93. The van der Waals surface area contributed by atoms with Crippen LogP contribution in [0.15, 0.2) is 74.8 Å². The maximum absolute atomic E-state index is 5.20. The van der Waals surface area contributed by atoms with Crippen molar-refractivity contribution in [1.82, 2.24) is 0 Å². The van der Waals surface area contributed by atoms with Crippen LogP contribution in [-0.2, 0) is 0 Å². The predicted molar refractivity (Wildman–Crippen MR) is 107 cm³/mol. The molecule has 0 heterocycles. The molecule has 3 rings (SSSR count). The molecule has 0 amide bonds. The summed E-state index contributed by atoms with van der Waals surface area (Å²) >= 11 is 0. The quantitative estimate of drug-likeness (QED) is 0.552. The minimum Gasteiger partial charge on any atom is -0.497 e. The Morgan fingerprint density at radius 2 is 1.17 bits per heavy atom. The molecular formula is C23H30O. The third kappa shape index (κ3) is 5.42. The van der Waals surface area contributed by atoms with Crippen LogP contribution in [0.2, 0.25) is 0 Å². The number of rotatable bonds is 3. The van der Waals surface area contributed by atoms with Crippen molar-refractivity contribution in [1.29, 1.82) is 0 Å². The van der Waals surface area contributed by atoms with E-state index >= 15 is 0 Å². The van der Waals surface area contributed by atoms with Gasteiger partial charge in [-0.25, -0.2) is 0 Å². The molecule has 0 spiro atoms. The van der Waals surface area contributed by atoms with Gasteiger partial charge < -0.3 is 4.74 Å². The molecule has 1 aliphatic rings. The fourth-order valence-electron chi connectivity index (χ4n) is 3.17. The molecule has 1 heteroatoms. The average Bonchev–Trinajstić information content (AvgIpc) is 2.72. The average molecular weight is 322 g/mol. The normalized spacial score (nSPS) is 13.7. The van der Waals surface area contributed by atoms with Crippen LogP contribution in [0.1, 0.15) is 43.6 Å². The molecule has 1 nitrogen and oxygen atoms in total. The van der Waals surface area contributed by atoms with Crippen LogP contribution in [0.4, 0.5) is 0 Å². The summed E-state index contributed by atoms with van der Waals surface area (Å²) < 4.78 is 5.20. The van der Waals surface area contributed by atoms with Crippen molar-refractivity contribution in [3.63, 3.8) is 0 Å². The Hall–Kier alpha value is -2.28. The molecule has 128 valence electrons. The first-order valence-corrected chi connectivity index (χ1v) is 8.61. The zero-order chi connectivity index (χ0) is 17.8. The Morgan fingerprint density at radius 3 is 1.62 bits per heavy atom. The molecule has 0 N–H and O–H groups in total. The van der Waals surface area contributed by atoms with E-state index in [1.165, 1.54) is 48.8 Å². The number of hydrogen-bond donors (Lipinski definition) is 0. The van der Waals surface area contributed by atoms with Crippen molar-refractivity contribution in [3.8, 4) is 16.9 Å². The van der Waals surface area contributed by atoms with Gasteiger partial charge in [0, 0.05) is 0 Å². The molecule has 24 heavy (non-hydrogen) atoms. The third-order valence-electron chi connectivity index (χ3n) is 4.41. The van der Waals surface area contributed by atoms with Gasteiger partial charge >= 0.3 is 0 Å². The van der Waals surface area contributed by atoms with Gasteiger partial charge in [0.2, 0.25) is 0 Å². The summed E-state index contributed by atoms with van der Waals surface area (Å²) in [7, 11) is 1.70. The van der Waals surface area contributed by atoms with Crippen LogP contribution in [0.5, 0.6) is 5.75 Å². The molecule has 2 aromatic carbocycles. The van der Waals surface area contributed by atoms with Crippen molar-refractivity contribution in [3.05, 3.63) is 80.4 Å². The lowest BCUT2D eigenvalue weighted by Crippen LogP contribution is -2.04. The lowest BCUT2D eigenvalue weighted by atomic mass is 9.84. The maximum Gasteiger partial charge on any atom is 0.118 e. The van der Waals surface area contributed by atoms with E-state index < -0.39 is 0 Å². The molecule has 0 unspecified atom stereocenters. The van der Waals surface area contributed by atoms with Gasteiger partial charge in [-0.15, -0.1) is 26.3 Å². The molecule has 1 fully saturated rings. The van der Waals surface area contributed by atoms with E-state index in [2.05, 4.69) is 62.7 Å². The smallest absolute Gasteiger partial charge is 0.118 e. The van der Waals surface area contributed by atoms with Crippen LogP contribution in [0, 0.1) is 0 Å². The van der Waals surface area contributed by atoms with Crippen LogP contribution < -0.4 is 4.74 Å². The van der Waals surface area contributed by atoms with Gasteiger partial charge in [-0.05, 0) is 47.6 Å². The van der Waals surface area contributed by atoms with Crippen molar-refractivity contribution in [2.24, 2.45) is 0 Å². The summed E-state index contributed by atoms with van der Waals surface area (Å²) in [4.78, 5) is 0. The molecule has 0 bridgehead atoms. The zero-order valence-electron chi connectivity index (χ0n) is 15.0. The van der Waals surface area contributed by atoms with Gasteiger partial charge in [-0.1, -0.05) is 55.7 Å². The molecule has 2 aromatic rings. The van der Waals surface area contributed by atoms with Gasteiger partial charge in [-0.3, -0.25) is 0 Å². The first kappa shape index (κ1) is 19.8. The second-order valence-electron chi connectivity index (χ2n) is 5.69. The molecule has 1 aliphatic carbocycles. The largest absolute Gasteiger partial charge is 0.497 e. The van der Waals surface area contributed by atoms with E-state index in [0.29, 0.717) is 0 Å². The Labute approximate surface area is 147 Å². The van der Waals surface area contributed by atoms with Gasteiger partial charge in [-0.2, -0.15) is 0 Å². The van der Waals surface area contributed by atoms with Crippen molar-refractivity contribution in [2.75, 3.05) is 7.11 Å². The highest BCUT2D eigenvalue weighted by Crippen LogP contribution is 2.33. The van der Waals surface area contributed by atoms with Crippen molar-refractivity contribution < 1.29 is 4.74 Å². The summed E-state index contributed by atoms with van der Waals surface area (Å²) in [5.41, 5.74) is 4.05. The van der Waals surface area contributed by atoms with Crippen LogP contribution in [0.3, 0.4) is 0 Å². The van der Waals surface area contributed by atoms with E-state index in [0.717, 1.165) is 11.7 Å². The lowest BCUT2D eigenvalue weighted by Gasteiger charge is -2.22. The summed E-state index contributed by atoms with van der Waals surface area (Å²) in [6.45, 7) is 12.0. The fourth-order valence-corrected chi connectivity index (χ4v) is 3.17. The van der Waals surface area contributed by atoms with Crippen molar-refractivity contribution >= 4 is 0 Å². The minimum absolute atomic E-state index is 0.786. The maximum atomic E-state index is 5.20. The molecule has 0 saturated heterocycles. The first-order chi connectivity index (χ1) is 11.9.